The topological polar surface area (TPSA) is 72.2 Å². The fourth-order valence-corrected chi connectivity index (χ4v) is 2.77. The molecule has 0 saturated carbocycles. The van der Waals surface area contributed by atoms with Crippen molar-refractivity contribution < 1.29 is 8.42 Å². The van der Waals surface area contributed by atoms with Gasteiger partial charge in [-0.2, -0.15) is 0 Å². The van der Waals surface area contributed by atoms with Gasteiger partial charge in [-0.1, -0.05) is 6.92 Å². The summed E-state index contributed by atoms with van der Waals surface area (Å²) in [5.74, 6) is 0.194. The van der Waals surface area contributed by atoms with Crippen molar-refractivity contribution >= 4 is 15.5 Å². The van der Waals surface area contributed by atoms with E-state index < -0.39 is 9.84 Å². The lowest BCUT2D eigenvalue weighted by Crippen LogP contribution is -2.25. The van der Waals surface area contributed by atoms with E-state index in [0.29, 0.717) is 17.9 Å². The predicted molar refractivity (Wildman–Crippen MR) is 70.9 cm³/mol. The largest absolute Gasteiger partial charge is 0.383 e. The van der Waals surface area contributed by atoms with Gasteiger partial charge in [0.05, 0.1) is 10.6 Å². The molecule has 1 atom stereocenters. The molecule has 0 aliphatic rings. The van der Waals surface area contributed by atoms with Crippen LogP contribution in [-0.2, 0) is 9.84 Å². The standard InChI is InChI=1S/C12H20N2O2S/c1-3-8-17(15,16)12-6-4-11(5-7-12)14-9-10(2)13/h4-7,10,14H,3,8-9,13H2,1-2H3. The van der Waals surface area contributed by atoms with Crippen LogP contribution in [0.2, 0.25) is 0 Å². The van der Waals surface area contributed by atoms with Crippen molar-refractivity contribution in [2.45, 2.75) is 31.2 Å². The molecule has 0 aliphatic heterocycles. The second kappa shape index (κ2) is 6.02. The first-order valence-electron chi connectivity index (χ1n) is 5.78. The smallest absolute Gasteiger partial charge is 0.178 e. The Balaban J connectivity index is 2.74. The third-order valence-corrected chi connectivity index (χ3v) is 4.25. The van der Waals surface area contributed by atoms with E-state index >= 15 is 0 Å². The summed E-state index contributed by atoms with van der Waals surface area (Å²) >= 11 is 0. The number of hydrogen-bond acceptors (Lipinski definition) is 4. The van der Waals surface area contributed by atoms with Crippen LogP contribution in [0.1, 0.15) is 20.3 Å². The van der Waals surface area contributed by atoms with E-state index in [-0.39, 0.29) is 11.8 Å². The molecule has 1 unspecified atom stereocenters. The zero-order chi connectivity index (χ0) is 12.9. The quantitative estimate of drug-likeness (QED) is 0.811. The number of nitrogens with one attached hydrogen (secondary N) is 1. The van der Waals surface area contributed by atoms with E-state index in [0.717, 1.165) is 5.69 Å². The molecule has 5 heteroatoms. The second-order valence-corrected chi connectivity index (χ2v) is 6.31. The molecule has 0 fully saturated rings. The van der Waals surface area contributed by atoms with Crippen molar-refractivity contribution in [3.63, 3.8) is 0 Å². The molecule has 1 aromatic rings. The maximum Gasteiger partial charge on any atom is 0.178 e. The molecule has 0 amide bonds. The molecular weight excluding hydrogens is 236 g/mol. The van der Waals surface area contributed by atoms with Crippen LogP contribution in [-0.4, -0.2) is 26.8 Å². The van der Waals surface area contributed by atoms with Gasteiger partial charge in [0.1, 0.15) is 0 Å². The summed E-state index contributed by atoms with van der Waals surface area (Å²) in [6.45, 7) is 4.43. The van der Waals surface area contributed by atoms with Gasteiger partial charge in [0.15, 0.2) is 9.84 Å². The van der Waals surface area contributed by atoms with Crippen molar-refractivity contribution in [1.82, 2.24) is 0 Å². The Morgan fingerprint density at radius 2 is 1.88 bits per heavy atom. The lowest BCUT2D eigenvalue weighted by Gasteiger charge is -2.09. The number of nitrogens with two attached hydrogens (primary N) is 1. The average molecular weight is 256 g/mol. The molecule has 0 heterocycles. The molecule has 17 heavy (non-hydrogen) atoms. The average Bonchev–Trinajstić information content (AvgIpc) is 2.27. The number of hydrogen-bond donors (Lipinski definition) is 2. The maximum atomic E-state index is 11.8. The highest BCUT2D eigenvalue weighted by Crippen LogP contribution is 2.15. The van der Waals surface area contributed by atoms with Crippen LogP contribution in [0, 0.1) is 0 Å². The highest BCUT2D eigenvalue weighted by Gasteiger charge is 2.12. The SMILES string of the molecule is CCCS(=O)(=O)c1ccc(NCC(C)N)cc1. The Kier molecular flexibility index (Phi) is 4.96. The monoisotopic (exact) mass is 256 g/mol. The van der Waals surface area contributed by atoms with Crippen LogP contribution in [0.3, 0.4) is 0 Å². The zero-order valence-corrected chi connectivity index (χ0v) is 11.1. The van der Waals surface area contributed by atoms with E-state index in [2.05, 4.69) is 5.32 Å². The summed E-state index contributed by atoms with van der Waals surface area (Å²) in [6.07, 6.45) is 0.632. The molecule has 0 spiro atoms. The van der Waals surface area contributed by atoms with Gasteiger partial charge >= 0.3 is 0 Å². The Hall–Kier alpha value is -1.07. The van der Waals surface area contributed by atoms with Crippen LogP contribution >= 0.6 is 0 Å². The summed E-state index contributed by atoms with van der Waals surface area (Å²) in [5, 5.41) is 3.13. The highest BCUT2D eigenvalue weighted by molar-refractivity contribution is 7.91. The molecule has 0 saturated heterocycles. The van der Waals surface area contributed by atoms with Crippen LogP contribution in [0.25, 0.3) is 0 Å². The van der Waals surface area contributed by atoms with Gasteiger partial charge in [-0.05, 0) is 37.6 Å². The van der Waals surface area contributed by atoms with E-state index in [1.165, 1.54) is 0 Å². The maximum absolute atomic E-state index is 11.8. The number of anilines is 1. The molecule has 1 rings (SSSR count). The van der Waals surface area contributed by atoms with Gasteiger partial charge in [0, 0.05) is 18.3 Å². The van der Waals surface area contributed by atoms with Gasteiger partial charge in [-0.15, -0.1) is 0 Å². The van der Waals surface area contributed by atoms with E-state index in [9.17, 15) is 8.42 Å². The minimum Gasteiger partial charge on any atom is -0.383 e. The van der Waals surface area contributed by atoms with Gasteiger partial charge in [-0.25, -0.2) is 8.42 Å². The Morgan fingerprint density at radius 1 is 1.29 bits per heavy atom. The van der Waals surface area contributed by atoms with Crippen molar-refractivity contribution in [3.05, 3.63) is 24.3 Å². The van der Waals surface area contributed by atoms with E-state index in [1.807, 2.05) is 13.8 Å². The molecule has 1 aromatic carbocycles. The summed E-state index contributed by atoms with van der Waals surface area (Å²) in [6, 6.07) is 6.87. The Labute approximate surface area is 103 Å². The Bertz CT molecular complexity index is 438. The van der Waals surface area contributed by atoms with Gasteiger partial charge in [0.2, 0.25) is 0 Å². The first-order valence-corrected chi connectivity index (χ1v) is 7.43. The van der Waals surface area contributed by atoms with Crippen molar-refractivity contribution in [2.24, 2.45) is 5.73 Å². The van der Waals surface area contributed by atoms with Crippen molar-refractivity contribution in [1.29, 1.82) is 0 Å². The number of rotatable bonds is 6. The minimum absolute atomic E-state index is 0.0681. The highest BCUT2D eigenvalue weighted by atomic mass is 32.2. The molecule has 4 nitrogen and oxygen atoms in total. The summed E-state index contributed by atoms with van der Waals surface area (Å²) in [7, 11) is -3.11. The third kappa shape index (κ3) is 4.36. The van der Waals surface area contributed by atoms with Crippen molar-refractivity contribution in [3.8, 4) is 0 Å². The van der Waals surface area contributed by atoms with Gasteiger partial charge < -0.3 is 11.1 Å². The first kappa shape index (κ1) is 14.0. The molecule has 96 valence electrons. The van der Waals surface area contributed by atoms with Crippen LogP contribution in [0.4, 0.5) is 5.69 Å². The minimum atomic E-state index is -3.11. The van der Waals surface area contributed by atoms with Crippen molar-refractivity contribution in [2.75, 3.05) is 17.6 Å². The van der Waals surface area contributed by atoms with Crippen LogP contribution in [0.15, 0.2) is 29.2 Å². The number of sulfone groups is 1. The first-order chi connectivity index (χ1) is 7.95. The normalized spacial score (nSPS) is 13.4. The molecule has 0 aliphatic carbocycles. The second-order valence-electron chi connectivity index (χ2n) is 4.20. The molecule has 0 radical (unpaired) electrons. The van der Waals surface area contributed by atoms with Gasteiger partial charge in [-0.3, -0.25) is 0 Å². The fraction of sp³-hybridized carbons (Fsp3) is 0.500. The number of benzene rings is 1. The molecular formula is C12H20N2O2S. The predicted octanol–water partition coefficient (Wildman–Crippen LogP) is 1.63. The summed E-state index contributed by atoms with van der Waals surface area (Å²) < 4.78 is 23.5. The Morgan fingerprint density at radius 3 is 2.35 bits per heavy atom. The lowest BCUT2D eigenvalue weighted by molar-refractivity contribution is 0.594. The lowest BCUT2D eigenvalue weighted by atomic mass is 10.3. The van der Waals surface area contributed by atoms with Gasteiger partial charge in [0.25, 0.3) is 0 Å². The molecule has 0 aromatic heterocycles. The third-order valence-electron chi connectivity index (χ3n) is 2.31. The van der Waals surface area contributed by atoms with Crippen LogP contribution < -0.4 is 11.1 Å². The van der Waals surface area contributed by atoms with Crippen LogP contribution in [0.5, 0.6) is 0 Å². The molecule has 0 bridgehead atoms. The molecule has 3 N–H and O–H groups in total. The van der Waals surface area contributed by atoms with E-state index in [1.54, 1.807) is 24.3 Å². The zero-order valence-electron chi connectivity index (χ0n) is 10.3. The van der Waals surface area contributed by atoms with E-state index in [4.69, 9.17) is 5.73 Å². The summed E-state index contributed by atoms with van der Waals surface area (Å²) in [4.78, 5) is 0.380. The fourth-order valence-electron chi connectivity index (χ4n) is 1.45. The summed E-state index contributed by atoms with van der Waals surface area (Å²) in [5.41, 5.74) is 6.51.